The average Bonchev–Trinajstić information content (AvgIpc) is 2.21. The molecule has 17 heavy (non-hydrogen) atoms. The number of hydrogen-bond donors (Lipinski definition) is 1. The lowest BCUT2D eigenvalue weighted by Crippen LogP contribution is -2.42. The zero-order chi connectivity index (χ0) is 13.3. The van der Waals surface area contributed by atoms with Crippen LogP contribution in [0.2, 0.25) is 0 Å². The van der Waals surface area contributed by atoms with Crippen LogP contribution in [-0.2, 0) is 4.74 Å². The molecule has 0 saturated carbocycles. The van der Waals surface area contributed by atoms with Crippen LogP contribution in [0, 0.1) is 0 Å². The highest BCUT2D eigenvalue weighted by Crippen LogP contribution is 2.10. The Morgan fingerprint density at radius 1 is 1.12 bits per heavy atom. The molecular formula is C14H32N2O. The molecule has 0 spiro atoms. The van der Waals surface area contributed by atoms with Crippen LogP contribution >= 0.6 is 0 Å². The Kier molecular flexibility index (Phi) is 8.83. The number of likely N-dealkylation sites (N-methyl/N-ethyl adjacent to an activating group) is 1. The summed E-state index contributed by atoms with van der Waals surface area (Å²) in [7, 11) is 4.20. The van der Waals surface area contributed by atoms with E-state index in [0.717, 1.165) is 19.8 Å². The summed E-state index contributed by atoms with van der Waals surface area (Å²) in [6, 6.07) is 0.604. The molecule has 3 heteroatoms. The van der Waals surface area contributed by atoms with Gasteiger partial charge < -0.3 is 15.0 Å². The lowest BCUT2D eigenvalue weighted by atomic mass is 10.1. The number of ether oxygens (including phenoxy) is 1. The van der Waals surface area contributed by atoms with Gasteiger partial charge in [0.2, 0.25) is 0 Å². The highest BCUT2D eigenvalue weighted by molar-refractivity contribution is 4.75. The number of nitrogens with zero attached hydrogens (tertiary/aromatic N) is 1. The van der Waals surface area contributed by atoms with Gasteiger partial charge in [0.05, 0.1) is 6.61 Å². The van der Waals surface area contributed by atoms with Crippen molar-refractivity contribution in [1.29, 1.82) is 0 Å². The van der Waals surface area contributed by atoms with E-state index in [9.17, 15) is 0 Å². The first-order valence-corrected chi connectivity index (χ1v) is 6.85. The Morgan fingerprint density at radius 2 is 1.76 bits per heavy atom. The third-order valence-corrected chi connectivity index (χ3v) is 3.18. The summed E-state index contributed by atoms with van der Waals surface area (Å²) in [6.45, 7) is 11.6. The zero-order valence-electron chi connectivity index (χ0n) is 12.7. The van der Waals surface area contributed by atoms with Crippen molar-refractivity contribution < 1.29 is 4.74 Å². The van der Waals surface area contributed by atoms with Crippen LogP contribution < -0.4 is 5.32 Å². The molecule has 0 saturated heterocycles. The summed E-state index contributed by atoms with van der Waals surface area (Å²) < 4.78 is 5.73. The van der Waals surface area contributed by atoms with Gasteiger partial charge in [0.15, 0.2) is 0 Å². The average molecular weight is 244 g/mol. The Morgan fingerprint density at radius 3 is 2.29 bits per heavy atom. The molecule has 0 fully saturated rings. The first-order valence-electron chi connectivity index (χ1n) is 6.85. The predicted molar refractivity (Wildman–Crippen MR) is 75.6 cm³/mol. The molecular weight excluding hydrogens is 212 g/mol. The molecule has 0 radical (unpaired) electrons. The van der Waals surface area contributed by atoms with Crippen molar-refractivity contribution in [2.75, 3.05) is 33.9 Å². The topological polar surface area (TPSA) is 24.5 Å². The molecule has 0 heterocycles. The summed E-state index contributed by atoms with van der Waals surface area (Å²) in [5.41, 5.74) is 0.138. The van der Waals surface area contributed by atoms with Gasteiger partial charge in [-0.1, -0.05) is 13.8 Å². The van der Waals surface area contributed by atoms with E-state index in [-0.39, 0.29) is 5.54 Å². The Bertz CT molecular complexity index is 179. The van der Waals surface area contributed by atoms with Gasteiger partial charge in [0.25, 0.3) is 0 Å². The van der Waals surface area contributed by atoms with Gasteiger partial charge in [-0.2, -0.15) is 0 Å². The summed E-state index contributed by atoms with van der Waals surface area (Å²) in [5, 5.41) is 3.43. The monoisotopic (exact) mass is 244 g/mol. The standard InChI is InChI=1S/C14H32N2O/c1-13(2)15-10-8-7-9-11-17-12-14(3,4)16(5)6/h13,15H,7-12H2,1-6H3. The minimum atomic E-state index is 0.138. The number of rotatable bonds is 10. The Labute approximate surface area is 108 Å². The molecule has 0 atom stereocenters. The van der Waals surface area contributed by atoms with Crippen molar-refractivity contribution in [1.82, 2.24) is 10.2 Å². The van der Waals surface area contributed by atoms with E-state index < -0.39 is 0 Å². The van der Waals surface area contributed by atoms with Gasteiger partial charge in [0.1, 0.15) is 0 Å². The molecule has 0 bridgehead atoms. The van der Waals surface area contributed by atoms with Crippen LogP contribution in [0.15, 0.2) is 0 Å². The van der Waals surface area contributed by atoms with Crippen molar-refractivity contribution in [2.24, 2.45) is 0 Å². The SMILES string of the molecule is CC(C)NCCCCCOCC(C)(C)N(C)C. The smallest absolute Gasteiger partial charge is 0.0644 e. The second-order valence-corrected chi connectivity index (χ2v) is 5.93. The number of unbranched alkanes of at least 4 members (excludes halogenated alkanes) is 2. The highest BCUT2D eigenvalue weighted by Gasteiger charge is 2.19. The molecule has 0 aliphatic rings. The predicted octanol–water partition coefficient (Wildman–Crippen LogP) is 2.51. The number of hydrogen-bond acceptors (Lipinski definition) is 3. The minimum absolute atomic E-state index is 0.138. The lowest BCUT2D eigenvalue weighted by Gasteiger charge is -2.32. The first kappa shape index (κ1) is 16.9. The molecule has 1 N–H and O–H groups in total. The fourth-order valence-corrected chi connectivity index (χ4v) is 1.35. The van der Waals surface area contributed by atoms with Gasteiger partial charge >= 0.3 is 0 Å². The van der Waals surface area contributed by atoms with Crippen LogP contribution in [0.5, 0.6) is 0 Å². The lowest BCUT2D eigenvalue weighted by molar-refractivity contribution is 0.0345. The summed E-state index contributed by atoms with van der Waals surface area (Å²) in [6.07, 6.45) is 3.67. The van der Waals surface area contributed by atoms with Gasteiger partial charge in [-0.3, -0.25) is 0 Å². The Balaban J connectivity index is 3.30. The third kappa shape index (κ3) is 9.57. The zero-order valence-corrected chi connectivity index (χ0v) is 12.7. The molecule has 0 aromatic rings. The highest BCUT2D eigenvalue weighted by atomic mass is 16.5. The van der Waals surface area contributed by atoms with Gasteiger partial charge in [0, 0.05) is 18.2 Å². The third-order valence-electron chi connectivity index (χ3n) is 3.18. The van der Waals surface area contributed by atoms with Gasteiger partial charge in [-0.25, -0.2) is 0 Å². The second kappa shape index (κ2) is 8.90. The molecule has 0 aromatic heterocycles. The van der Waals surface area contributed by atoms with Crippen molar-refractivity contribution >= 4 is 0 Å². The van der Waals surface area contributed by atoms with Gasteiger partial charge in [-0.15, -0.1) is 0 Å². The fourth-order valence-electron chi connectivity index (χ4n) is 1.35. The maximum absolute atomic E-state index is 5.73. The number of nitrogens with one attached hydrogen (secondary N) is 1. The molecule has 104 valence electrons. The van der Waals surface area contributed by atoms with E-state index in [4.69, 9.17) is 4.74 Å². The summed E-state index contributed by atoms with van der Waals surface area (Å²) >= 11 is 0. The summed E-state index contributed by atoms with van der Waals surface area (Å²) in [5.74, 6) is 0. The first-order chi connectivity index (χ1) is 7.86. The van der Waals surface area contributed by atoms with Crippen LogP contribution in [0.1, 0.15) is 47.0 Å². The maximum Gasteiger partial charge on any atom is 0.0644 e. The van der Waals surface area contributed by atoms with Crippen LogP contribution in [0.4, 0.5) is 0 Å². The van der Waals surface area contributed by atoms with Gasteiger partial charge in [-0.05, 0) is 53.8 Å². The normalized spacial score (nSPS) is 12.7. The quantitative estimate of drug-likeness (QED) is 0.598. The molecule has 0 aromatic carbocycles. The van der Waals surface area contributed by atoms with E-state index in [0.29, 0.717) is 6.04 Å². The van der Waals surface area contributed by atoms with Crippen molar-refractivity contribution in [3.63, 3.8) is 0 Å². The van der Waals surface area contributed by atoms with Crippen LogP contribution in [0.25, 0.3) is 0 Å². The van der Waals surface area contributed by atoms with E-state index in [1.165, 1.54) is 19.3 Å². The minimum Gasteiger partial charge on any atom is -0.380 e. The summed E-state index contributed by atoms with van der Waals surface area (Å²) in [4.78, 5) is 2.21. The molecule has 3 nitrogen and oxygen atoms in total. The van der Waals surface area contributed by atoms with E-state index >= 15 is 0 Å². The molecule has 0 amide bonds. The maximum atomic E-state index is 5.73. The van der Waals surface area contributed by atoms with E-state index in [1.807, 2.05) is 0 Å². The van der Waals surface area contributed by atoms with Crippen molar-refractivity contribution in [3.8, 4) is 0 Å². The molecule has 0 aliphatic heterocycles. The Hall–Kier alpha value is -0.120. The molecule has 0 rings (SSSR count). The van der Waals surface area contributed by atoms with E-state index in [1.54, 1.807) is 0 Å². The van der Waals surface area contributed by atoms with E-state index in [2.05, 4.69) is 52.0 Å². The largest absolute Gasteiger partial charge is 0.380 e. The second-order valence-electron chi connectivity index (χ2n) is 5.93. The van der Waals surface area contributed by atoms with Crippen LogP contribution in [0.3, 0.4) is 0 Å². The van der Waals surface area contributed by atoms with Crippen molar-refractivity contribution in [2.45, 2.75) is 58.5 Å². The van der Waals surface area contributed by atoms with Crippen molar-refractivity contribution in [3.05, 3.63) is 0 Å². The molecule has 0 aliphatic carbocycles. The fraction of sp³-hybridized carbons (Fsp3) is 1.00. The molecule has 0 unspecified atom stereocenters. The van der Waals surface area contributed by atoms with Crippen LogP contribution in [-0.4, -0.2) is 50.3 Å².